The average Bonchev–Trinajstić information content (AvgIpc) is 2.35. The molecule has 6 heteroatoms. The third-order valence-corrected chi connectivity index (χ3v) is 2.42. The van der Waals surface area contributed by atoms with Gasteiger partial charge in [-0.1, -0.05) is 5.16 Å². The molecule has 0 atom stereocenters. The number of rotatable bonds is 5. The molecule has 6 nitrogen and oxygen atoms in total. The SMILES string of the molecule is CN(C)CCN(C)c1cc(C(N)=NO)ccn1. The number of hydrogen-bond acceptors (Lipinski definition) is 5. The highest BCUT2D eigenvalue weighted by atomic mass is 16.4. The maximum atomic E-state index is 8.62. The third-order valence-electron chi connectivity index (χ3n) is 2.42. The van der Waals surface area contributed by atoms with Crippen molar-refractivity contribution in [3.05, 3.63) is 23.9 Å². The van der Waals surface area contributed by atoms with Gasteiger partial charge in [0.15, 0.2) is 5.84 Å². The van der Waals surface area contributed by atoms with E-state index >= 15 is 0 Å². The molecule has 0 saturated heterocycles. The van der Waals surface area contributed by atoms with Crippen LogP contribution < -0.4 is 10.6 Å². The molecule has 0 amide bonds. The molecule has 0 spiro atoms. The molecule has 94 valence electrons. The second-order valence-electron chi connectivity index (χ2n) is 4.11. The van der Waals surface area contributed by atoms with Crippen LogP contribution in [-0.4, -0.2) is 55.2 Å². The van der Waals surface area contributed by atoms with Gasteiger partial charge in [0, 0.05) is 31.9 Å². The zero-order valence-electron chi connectivity index (χ0n) is 10.5. The minimum absolute atomic E-state index is 0.0923. The number of pyridine rings is 1. The van der Waals surface area contributed by atoms with Gasteiger partial charge in [-0.3, -0.25) is 0 Å². The number of nitrogens with zero attached hydrogens (tertiary/aromatic N) is 4. The monoisotopic (exact) mass is 237 g/mol. The highest BCUT2D eigenvalue weighted by Gasteiger charge is 2.06. The molecule has 1 rings (SSSR count). The van der Waals surface area contributed by atoms with Crippen molar-refractivity contribution in [1.29, 1.82) is 0 Å². The van der Waals surface area contributed by atoms with E-state index in [4.69, 9.17) is 10.9 Å². The number of nitrogens with two attached hydrogens (primary N) is 1. The van der Waals surface area contributed by atoms with Gasteiger partial charge in [0.1, 0.15) is 5.82 Å². The minimum Gasteiger partial charge on any atom is -0.409 e. The van der Waals surface area contributed by atoms with Crippen LogP contribution in [0.5, 0.6) is 0 Å². The van der Waals surface area contributed by atoms with Crippen LogP contribution in [0.15, 0.2) is 23.5 Å². The minimum atomic E-state index is 0.0923. The van der Waals surface area contributed by atoms with Crippen molar-refractivity contribution in [3.8, 4) is 0 Å². The Kier molecular flexibility index (Phi) is 4.71. The summed E-state index contributed by atoms with van der Waals surface area (Å²) in [5, 5.41) is 11.6. The van der Waals surface area contributed by atoms with Crippen LogP contribution in [0.4, 0.5) is 5.82 Å². The second-order valence-corrected chi connectivity index (χ2v) is 4.11. The molecule has 0 aliphatic heterocycles. The summed E-state index contributed by atoms with van der Waals surface area (Å²) in [5.74, 6) is 0.894. The lowest BCUT2D eigenvalue weighted by atomic mass is 10.2. The highest BCUT2D eigenvalue weighted by Crippen LogP contribution is 2.10. The fraction of sp³-hybridized carbons (Fsp3) is 0.455. The van der Waals surface area contributed by atoms with Gasteiger partial charge in [-0.2, -0.15) is 0 Å². The van der Waals surface area contributed by atoms with Crippen LogP contribution in [0, 0.1) is 0 Å². The molecular weight excluding hydrogens is 218 g/mol. The Morgan fingerprint density at radius 2 is 2.12 bits per heavy atom. The summed E-state index contributed by atoms with van der Waals surface area (Å²) in [5.41, 5.74) is 6.19. The van der Waals surface area contributed by atoms with Crippen LogP contribution in [-0.2, 0) is 0 Å². The normalized spacial score (nSPS) is 11.9. The summed E-state index contributed by atoms with van der Waals surface area (Å²) in [6, 6.07) is 3.50. The summed E-state index contributed by atoms with van der Waals surface area (Å²) in [6.07, 6.45) is 1.65. The number of hydrogen-bond donors (Lipinski definition) is 2. The summed E-state index contributed by atoms with van der Waals surface area (Å²) in [6.45, 7) is 1.80. The number of amidine groups is 1. The lowest BCUT2D eigenvalue weighted by Crippen LogP contribution is -2.29. The van der Waals surface area contributed by atoms with E-state index in [2.05, 4.69) is 15.0 Å². The maximum Gasteiger partial charge on any atom is 0.170 e. The van der Waals surface area contributed by atoms with Crippen molar-refractivity contribution >= 4 is 11.7 Å². The summed E-state index contributed by atoms with van der Waals surface area (Å²) < 4.78 is 0. The fourth-order valence-electron chi connectivity index (χ4n) is 1.31. The molecule has 1 aromatic heterocycles. The van der Waals surface area contributed by atoms with Gasteiger partial charge in [0.25, 0.3) is 0 Å². The van der Waals surface area contributed by atoms with Crippen molar-refractivity contribution in [1.82, 2.24) is 9.88 Å². The summed E-state index contributed by atoms with van der Waals surface area (Å²) >= 11 is 0. The van der Waals surface area contributed by atoms with Crippen molar-refractivity contribution in [2.24, 2.45) is 10.9 Å². The Morgan fingerprint density at radius 1 is 1.41 bits per heavy atom. The van der Waals surface area contributed by atoms with Gasteiger partial charge in [0.2, 0.25) is 0 Å². The van der Waals surface area contributed by atoms with Crippen molar-refractivity contribution in [2.75, 3.05) is 39.1 Å². The van der Waals surface area contributed by atoms with E-state index < -0.39 is 0 Å². The molecule has 17 heavy (non-hydrogen) atoms. The molecule has 0 saturated carbocycles. The second kappa shape index (κ2) is 6.05. The predicted octanol–water partition coefficient (Wildman–Crippen LogP) is 0.174. The van der Waals surface area contributed by atoms with Crippen LogP contribution in [0.2, 0.25) is 0 Å². The largest absolute Gasteiger partial charge is 0.409 e. The van der Waals surface area contributed by atoms with E-state index in [1.165, 1.54) is 0 Å². The lowest BCUT2D eigenvalue weighted by molar-refractivity contribution is 0.318. The van der Waals surface area contributed by atoms with Crippen molar-refractivity contribution < 1.29 is 5.21 Å². The number of aromatic nitrogens is 1. The first kappa shape index (κ1) is 13.2. The molecular formula is C11H19N5O. The first-order valence-corrected chi connectivity index (χ1v) is 5.34. The molecule has 0 fully saturated rings. The molecule has 3 N–H and O–H groups in total. The van der Waals surface area contributed by atoms with Crippen LogP contribution in [0.25, 0.3) is 0 Å². The molecule has 0 aliphatic rings. The Bertz CT molecular complexity index is 391. The zero-order chi connectivity index (χ0) is 12.8. The van der Waals surface area contributed by atoms with E-state index in [1.807, 2.05) is 26.0 Å². The van der Waals surface area contributed by atoms with Crippen LogP contribution in [0.1, 0.15) is 5.56 Å². The number of oxime groups is 1. The molecule has 0 aliphatic carbocycles. The third kappa shape index (κ3) is 3.92. The van der Waals surface area contributed by atoms with E-state index in [9.17, 15) is 0 Å². The first-order chi connectivity index (χ1) is 8.04. The highest BCUT2D eigenvalue weighted by molar-refractivity contribution is 5.97. The molecule has 0 bridgehead atoms. The van der Waals surface area contributed by atoms with Gasteiger partial charge in [-0.15, -0.1) is 0 Å². The van der Waals surface area contributed by atoms with Crippen LogP contribution >= 0.6 is 0 Å². The fourth-order valence-corrected chi connectivity index (χ4v) is 1.31. The van der Waals surface area contributed by atoms with Gasteiger partial charge in [-0.25, -0.2) is 4.98 Å². The van der Waals surface area contributed by atoms with Gasteiger partial charge in [0.05, 0.1) is 0 Å². The van der Waals surface area contributed by atoms with Crippen LogP contribution in [0.3, 0.4) is 0 Å². The standard InChI is InChI=1S/C11H19N5O/c1-15(2)6-7-16(3)10-8-9(4-5-13-10)11(12)14-17/h4-5,8,17H,6-7H2,1-3H3,(H2,12,14). The predicted molar refractivity (Wildman–Crippen MR) is 68.6 cm³/mol. The molecule has 1 aromatic rings. The van der Waals surface area contributed by atoms with E-state index in [-0.39, 0.29) is 5.84 Å². The smallest absolute Gasteiger partial charge is 0.170 e. The first-order valence-electron chi connectivity index (χ1n) is 5.34. The number of likely N-dealkylation sites (N-methyl/N-ethyl adjacent to an activating group) is 2. The molecule has 1 heterocycles. The molecule has 0 unspecified atom stereocenters. The van der Waals surface area contributed by atoms with E-state index in [1.54, 1.807) is 18.3 Å². The molecule has 0 aromatic carbocycles. The number of anilines is 1. The van der Waals surface area contributed by atoms with Gasteiger partial charge in [-0.05, 0) is 26.2 Å². The Balaban J connectivity index is 2.77. The Morgan fingerprint density at radius 3 is 2.71 bits per heavy atom. The topological polar surface area (TPSA) is 78.0 Å². The zero-order valence-corrected chi connectivity index (χ0v) is 10.5. The van der Waals surface area contributed by atoms with Crippen molar-refractivity contribution in [2.45, 2.75) is 0 Å². The quantitative estimate of drug-likeness (QED) is 0.330. The van der Waals surface area contributed by atoms with E-state index in [0.717, 1.165) is 18.9 Å². The lowest BCUT2D eigenvalue weighted by Gasteiger charge is -2.20. The van der Waals surface area contributed by atoms with E-state index in [0.29, 0.717) is 5.56 Å². The Hall–Kier alpha value is -1.82. The summed E-state index contributed by atoms with van der Waals surface area (Å²) in [4.78, 5) is 8.37. The molecule has 0 radical (unpaired) electrons. The summed E-state index contributed by atoms with van der Waals surface area (Å²) in [7, 11) is 6.00. The maximum absolute atomic E-state index is 8.62. The van der Waals surface area contributed by atoms with Crippen molar-refractivity contribution in [3.63, 3.8) is 0 Å². The average molecular weight is 237 g/mol. The van der Waals surface area contributed by atoms with Gasteiger partial charge < -0.3 is 20.7 Å². The Labute approximate surface area is 101 Å². The van der Waals surface area contributed by atoms with Gasteiger partial charge >= 0.3 is 0 Å².